The number of alkyl halides is 1. The van der Waals surface area contributed by atoms with Gasteiger partial charge in [0.25, 0.3) is 0 Å². The molecule has 0 spiro atoms. The molecule has 0 aliphatic rings. The summed E-state index contributed by atoms with van der Waals surface area (Å²) >= 11 is 5.46. The van der Waals surface area contributed by atoms with Crippen molar-refractivity contribution < 1.29 is 12.8 Å². The van der Waals surface area contributed by atoms with Crippen LogP contribution >= 0.6 is 11.6 Å². The Morgan fingerprint density at radius 3 is 2.67 bits per heavy atom. The molecule has 86 valence electrons. The number of anilines is 1. The molecule has 6 nitrogen and oxygen atoms in total. The summed E-state index contributed by atoms with van der Waals surface area (Å²) in [5.74, 6) is 0.437. The number of rotatable bonds is 5. The molecule has 1 atom stereocenters. The van der Waals surface area contributed by atoms with Crippen LogP contribution in [-0.4, -0.2) is 36.7 Å². The van der Waals surface area contributed by atoms with E-state index in [0.29, 0.717) is 5.89 Å². The molecule has 1 aromatic heterocycles. The predicted octanol–water partition coefficient (Wildman–Crippen LogP) is 0.653. The zero-order chi connectivity index (χ0) is 11.5. The minimum Gasteiger partial charge on any atom is -0.407 e. The van der Waals surface area contributed by atoms with Crippen molar-refractivity contribution in [2.24, 2.45) is 0 Å². The van der Waals surface area contributed by atoms with Gasteiger partial charge in [-0.15, -0.1) is 16.7 Å². The van der Waals surface area contributed by atoms with Gasteiger partial charge in [0.1, 0.15) is 15.7 Å². The van der Waals surface area contributed by atoms with Gasteiger partial charge in [-0.1, -0.05) is 5.10 Å². The van der Waals surface area contributed by atoms with E-state index in [1.165, 1.54) is 6.26 Å². The van der Waals surface area contributed by atoms with Gasteiger partial charge in [-0.3, -0.25) is 0 Å². The normalized spacial score (nSPS) is 13.8. The molecule has 1 rings (SSSR count). The molecule has 0 aliphatic heterocycles. The van der Waals surface area contributed by atoms with Crippen molar-refractivity contribution in [3.05, 3.63) is 5.89 Å². The lowest BCUT2D eigenvalue weighted by Gasteiger charge is -2.09. The van der Waals surface area contributed by atoms with Crippen LogP contribution in [-0.2, 0) is 15.7 Å². The van der Waals surface area contributed by atoms with Crippen molar-refractivity contribution in [3.8, 4) is 0 Å². The standard InChI is InChI=1S/C7H12ClN3O3S/c1-5(4-15(2,12)13)9-7-11-10-6(3-8)14-7/h5H,3-4H2,1-2H3,(H,9,11). The van der Waals surface area contributed by atoms with Gasteiger partial charge in [0.05, 0.1) is 5.75 Å². The first-order chi connectivity index (χ1) is 6.90. The monoisotopic (exact) mass is 253 g/mol. The van der Waals surface area contributed by atoms with Gasteiger partial charge in [-0.05, 0) is 6.92 Å². The maximum absolute atomic E-state index is 11.0. The second kappa shape index (κ2) is 4.80. The Balaban J connectivity index is 2.54. The molecule has 0 aromatic carbocycles. The number of aromatic nitrogens is 2. The fourth-order valence-electron chi connectivity index (χ4n) is 1.07. The zero-order valence-electron chi connectivity index (χ0n) is 8.40. The Morgan fingerprint density at radius 2 is 2.20 bits per heavy atom. The highest BCUT2D eigenvalue weighted by atomic mass is 35.5. The van der Waals surface area contributed by atoms with Gasteiger partial charge in [0.15, 0.2) is 0 Å². The molecule has 0 aliphatic carbocycles. The lowest BCUT2D eigenvalue weighted by atomic mass is 10.4. The van der Waals surface area contributed by atoms with Crippen molar-refractivity contribution in [2.45, 2.75) is 18.8 Å². The number of hydrogen-bond donors (Lipinski definition) is 1. The van der Waals surface area contributed by atoms with Gasteiger partial charge in [-0.2, -0.15) is 0 Å². The molecule has 1 N–H and O–H groups in total. The molecule has 8 heteroatoms. The summed E-state index contributed by atoms with van der Waals surface area (Å²) < 4.78 is 27.0. The first-order valence-electron chi connectivity index (χ1n) is 4.23. The highest BCUT2D eigenvalue weighted by molar-refractivity contribution is 7.90. The highest BCUT2D eigenvalue weighted by Crippen LogP contribution is 2.09. The van der Waals surface area contributed by atoms with Crippen molar-refractivity contribution >= 4 is 27.5 Å². The van der Waals surface area contributed by atoms with Crippen LogP contribution in [0.15, 0.2) is 4.42 Å². The fraction of sp³-hybridized carbons (Fsp3) is 0.714. The topological polar surface area (TPSA) is 85.1 Å². The fourth-order valence-corrected chi connectivity index (χ4v) is 2.17. The summed E-state index contributed by atoms with van der Waals surface area (Å²) in [6.45, 7) is 1.71. The number of sulfone groups is 1. The molecular weight excluding hydrogens is 242 g/mol. The average molecular weight is 254 g/mol. The summed E-state index contributed by atoms with van der Waals surface area (Å²) in [6, 6.07) is -0.106. The Bertz CT molecular complexity index is 417. The highest BCUT2D eigenvalue weighted by Gasteiger charge is 2.13. The van der Waals surface area contributed by atoms with E-state index in [4.69, 9.17) is 16.0 Å². The third-order valence-corrected chi connectivity index (χ3v) is 2.84. The molecule has 0 fully saturated rings. The summed E-state index contributed by atoms with van der Waals surface area (Å²) in [5, 5.41) is 10.0. The molecule has 0 radical (unpaired) electrons. The van der Waals surface area contributed by atoms with Crippen molar-refractivity contribution in [2.75, 3.05) is 17.3 Å². The molecule has 1 aromatic rings. The summed E-state index contributed by atoms with van der Waals surface area (Å²) in [7, 11) is -3.02. The molecule has 0 bridgehead atoms. The van der Waals surface area contributed by atoms with Gasteiger partial charge >= 0.3 is 6.01 Å². The number of halogens is 1. The van der Waals surface area contributed by atoms with Crippen molar-refractivity contribution in [1.82, 2.24) is 10.2 Å². The molecule has 0 amide bonds. The summed E-state index contributed by atoms with van der Waals surface area (Å²) in [5.41, 5.74) is 0. The predicted molar refractivity (Wildman–Crippen MR) is 56.7 cm³/mol. The first kappa shape index (κ1) is 12.3. The maximum atomic E-state index is 11.0. The second-order valence-corrected chi connectivity index (χ2v) is 5.72. The van der Waals surface area contributed by atoms with Gasteiger partial charge < -0.3 is 9.73 Å². The quantitative estimate of drug-likeness (QED) is 0.776. The van der Waals surface area contributed by atoms with Crippen LogP contribution in [0.4, 0.5) is 6.01 Å². The second-order valence-electron chi connectivity index (χ2n) is 3.27. The Hall–Kier alpha value is -0.820. The third kappa shape index (κ3) is 4.48. The number of hydrogen-bond acceptors (Lipinski definition) is 6. The first-order valence-corrected chi connectivity index (χ1v) is 6.83. The molecule has 0 saturated carbocycles. The zero-order valence-corrected chi connectivity index (χ0v) is 9.97. The van der Waals surface area contributed by atoms with Crippen LogP contribution in [0.1, 0.15) is 12.8 Å². The molecular formula is C7H12ClN3O3S. The van der Waals surface area contributed by atoms with Crippen LogP contribution in [0.5, 0.6) is 0 Å². The van der Waals surface area contributed by atoms with E-state index in [1.54, 1.807) is 6.92 Å². The maximum Gasteiger partial charge on any atom is 0.315 e. The van der Waals surface area contributed by atoms with E-state index in [2.05, 4.69) is 15.5 Å². The van der Waals surface area contributed by atoms with Gasteiger partial charge in [0.2, 0.25) is 5.89 Å². The van der Waals surface area contributed by atoms with E-state index in [1.807, 2.05) is 0 Å². The van der Waals surface area contributed by atoms with E-state index < -0.39 is 9.84 Å². The number of nitrogens with one attached hydrogen (secondary N) is 1. The Kier molecular flexibility index (Phi) is 3.92. The third-order valence-electron chi connectivity index (χ3n) is 1.50. The Morgan fingerprint density at radius 1 is 1.53 bits per heavy atom. The van der Waals surface area contributed by atoms with Crippen LogP contribution in [0.25, 0.3) is 0 Å². The molecule has 1 heterocycles. The van der Waals surface area contributed by atoms with Gasteiger partial charge in [-0.25, -0.2) is 8.42 Å². The summed E-state index contributed by atoms with van der Waals surface area (Å²) in [6.07, 6.45) is 1.17. The van der Waals surface area contributed by atoms with Crippen LogP contribution in [0, 0.1) is 0 Å². The number of nitrogens with zero attached hydrogens (tertiary/aromatic N) is 2. The van der Waals surface area contributed by atoms with E-state index in [-0.39, 0.29) is 23.7 Å². The lowest BCUT2D eigenvalue weighted by Crippen LogP contribution is -2.25. The smallest absolute Gasteiger partial charge is 0.315 e. The minimum absolute atomic E-state index is 0.00554. The molecule has 0 saturated heterocycles. The summed E-state index contributed by atoms with van der Waals surface area (Å²) in [4.78, 5) is 0. The Labute approximate surface area is 92.9 Å². The molecule has 1 unspecified atom stereocenters. The van der Waals surface area contributed by atoms with E-state index in [0.717, 1.165) is 0 Å². The lowest BCUT2D eigenvalue weighted by molar-refractivity contribution is 0.521. The largest absolute Gasteiger partial charge is 0.407 e. The van der Waals surface area contributed by atoms with Crippen LogP contribution < -0.4 is 5.32 Å². The average Bonchev–Trinajstić information content (AvgIpc) is 2.48. The van der Waals surface area contributed by atoms with Crippen LogP contribution in [0.3, 0.4) is 0 Å². The van der Waals surface area contributed by atoms with Crippen molar-refractivity contribution in [1.29, 1.82) is 0 Å². The SMILES string of the molecule is CC(CS(C)(=O)=O)Nc1nnc(CCl)o1. The van der Waals surface area contributed by atoms with Gasteiger partial charge in [0, 0.05) is 12.3 Å². The van der Waals surface area contributed by atoms with E-state index >= 15 is 0 Å². The molecule has 15 heavy (non-hydrogen) atoms. The minimum atomic E-state index is -3.02. The van der Waals surface area contributed by atoms with E-state index in [9.17, 15) is 8.42 Å². The van der Waals surface area contributed by atoms with Crippen molar-refractivity contribution in [3.63, 3.8) is 0 Å². The van der Waals surface area contributed by atoms with Crippen LogP contribution in [0.2, 0.25) is 0 Å².